The molecule has 1 fully saturated rings. The van der Waals surface area contributed by atoms with Crippen LogP contribution in [0, 0.1) is 0 Å². The molecule has 2 aliphatic rings. The number of nitrogens with zero attached hydrogens (tertiary/aromatic N) is 5. The number of amides is 1. The van der Waals surface area contributed by atoms with E-state index in [0.717, 1.165) is 42.9 Å². The second-order valence-corrected chi connectivity index (χ2v) is 9.12. The number of fused-ring (bicyclic) bond motifs is 3. The van der Waals surface area contributed by atoms with E-state index in [4.69, 9.17) is 9.47 Å². The van der Waals surface area contributed by atoms with Gasteiger partial charge in [-0.25, -0.2) is 14.3 Å². The molecule has 0 spiro atoms. The number of aromatic nitrogens is 4. The Kier molecular flexibility index (Phi) is 6.44. The minimum Gasteiger partial charge on any atom is -0.381 e. The average molecular weight is 481 g/mol. The smallest absolute Gasteiger partial charge is 0.328 e. The average Bonchev–Trinajstić information content (AvgIpc) is 3.30. The predicted octanol–water partition coefficient (Wildman–Crippen LogP) is 3.09. The first-order valence-corrected chi connectivity index (χ1v) is 12.0. The molecular weight excluding hydrogens is 448 g/mol. The fourth-order valence-corrected chi connectivity index (χ4v) is 4.52. The molecule has 3 aromatic rings. The third-order valence-corrected chi connectivity index (χ3v) is 6.79. The zero-order valence-corrected chi connectivity index (χ0v) is 20.5. The summed E-state index contributed by atoms with van der Waals surface area (Å²) in [4.78, 5) is 29.0. The van der Waals surface area contributed by atoms with Crippen molar-refractivity contribution in [3.8, 4) is 0 Å². The first kappa shape index (κ1) is 23.3. The summed E-state index contributed by atoms with van der Waals surface area (Å²) in [6.07, 6.45) is 3.55. The first-order chi connectivity index (χ1) is 16.9. The molecule has 11 heteroatoms. The van der Waals surface area contributed by atoms with Crippen LogP contribution in [-0.2, 0) is 16.1 Å². The molecule has 2 aromatic heterocycles. The van der Waals surface area contributed by atoms with Gasteiger partial charge in [0.15, 0.2) is 17.0 Å². The van der Waals surface area contributed by atoms with Crippen LogP contribution in [0.15, 0.2) is 24.5 Å². The van der Waals surface area contributed by atoms with E-state index in [-0.39, 0.29) is 18.2 Å². The molecule has 0 unspecified atom stereocenters. The normalized spacial score (nSPS) is 21.5. The summed E-state index contributed by atoms with van der Waals surface area (Å²) < 4.78 is 13.1. The molecular formula is C24H32N8O3. The Morgan fingerprint density at radius 2 is 1.97 bits per heavy atom. The Morgan fingerprint density at radius 1 is 1.17 bits per heavy atom. The lowest BCUT2D eigenvalue weighted by atomic mass is 10.1. The van der Waals surface area contributed by atoms with Gasteiger partial charge in [-0.15, -0.1) is 0 Å². The number of methoxy groups -OCH3 is 1. The van der Waals surface area contributed by atoms with E-state index < -0.39 is 0 Å². The van der Waals surface area contributed by atoms with Crippen molar-refractivity contribution in [2.75, 3.05) is 42.8 Å². The van der Waals surface area contributed by atoms with Gasteiger partial charge in [-0.1, -0.05) is 0 Å². The lowest BCUT2D eigenvalue weighted by Gasteiger charge is -2.33. The van der Waals surface area contributed by atoms with Crippen molar-refractivity contribution in [1.82, 2.24) is 24.8 Å². The molecule has 1 aromatic carbocycles. The summed E-state index contributed by atoms with van der Waals surface area (Å²) in [5.41, 5.74) is 3.93. The first-order valence-electron chi connectivity index (χ1n) is 12.0. The van der Waals surface area contributed by atoms with Crippen molar-refractivity contribution in [3.05, 3.63) is 30.1 Å². The number of hydrogen-bond acceptors (Lipinski definition) is 9. The largest absolute Gasteiger partial charge is 0.381 e. The van der Waals surface area contributed by atoms with Crippen molar-refractivity contribution in [3.63, 3.8) is 0 Å². The molecule has 35 heavy (non-hydrogen) atoms. The minimum atomic E-state index is -0.320. The van der Waals surface area contributed by atoms with Gasteiger partial charge in [-0.3, -0.25) is 0 Å². The third kappa shape index (κ3) is 4.73. The SMILES string of the molecule is CNc1nc2nc3c1ncn3C(=O)N[C@H](C)[C@@H](C)OCc1cc(cc(N3CCC(OC)CC3)c1)N2. The van der Waals surface area contributed by atoms with Gasteiger partial charge in [0.25, 0.3) is 0 Å². The summed E-state index contributed by atoms with van der Waals surface area (Å²) in [5, 5.41) is 9.40. The Balaban J connectivity index is 1.57. The van der Waals surface area contributed by atoms with E-state index in [9.17, 15) is 4.79 Å². The van der Waals surface area contributed by atoms with Crippen molar-refractivity contribution < 1.29 is 14.3 Å². The van der Waals surface area contributed by atoms with Crippen LogP contribution in [0.1, 0.15) is 32.3 Å². The second-order valence-electron chi connectivity index (χ2n) is 9.12. The molecule has 5 rings (SSSR count). The monoisotopic (exact) mass is 480 g/mol. The van der Waals surface area contributed by atoms with Crippen LogP contribution >= 0.6 is 0 Å². The molecule has 4 bridgehead atoms. The molecule has 0 aliphatic carbocycles. The lowest BCUT2D eigenvalue weighted by molar-refractivity contribution is 0.0337. The van der Waals surface area contributed by atoms with E-state index in [1.54, 1.807) is 14.2 Å². The summed E-state index contributed by atoms with van der Waals surface area (Å²) in [6.45, 7) is 6.15. The second kappa shape index (κ2) is 9.67. The van der Waals surface area contributed by atoms with Crippen molar-refractivity contribution in [2.45, 2.75) is 51.5 Å². The summed E-state index contributed by atoms with van der Waals surface area (Å²) in [5.74, 6) is 0.913. The molecule has 1 amide bonds. The van der Waals surface area contributed by atoms with Gasteiger partial charge in [-0.2, -0.15) is 9.97 Å². The minimum absolute atomic E-state index is 0.202. The number of carbonyl (C=O) groups is 1. The molecule has 2 atom stereocenters. The fourth-order valence-electron chi connectivity index (χ4n) is 4.52. The van der Waals surface area contributed by atoms with Crippen LogP contribution in [-0.4, -0.2) is 71.0 Å². The maximum atomic E-state index is 13.0. The zero-order chi connectivity index (χ0) is 24.5. The highest BCUT2D eigenvalue weighted by atomic mass is 16.5. The van der Waals surface area contributed by atoms with Crippen molar-refractivity contribution >= 4 is 40.3 Å². The van der Waals surface area contributed by atoms with Crippen LogP contribution < -0.4 is 20.9 Å². The molecule has 11 nitrogen and oxygen atoms in total. The van der Waals surface area contributed by atoms with Crippen LogP contribution in [0.25, 0.3) is 11.2 Å². The van der Waals surface area contributed by atoms with Crippen LogP contribution in [0.5, 0.6) is 0 Å². The van der Waals surface area contributed by atoms with Crippen LogP contribution in [0.3, 0.4) is 0 Å². The Bertz CT molecular complexity index is 1220. The quantitative estimate of drug-likeness (QED) is 0.520. The van der Waals surface area contributed by atoms with Crippen LogP contribution in [0.2, 0.25) is 0 Å². The highest BCUT2D eigenvalue weighted by Crippen LogP contribution is 2.29. The van der Waals surface area contributed by atoms with Gasteiger partial charge < -0.3 is 30.3 Å². The number of rotatable bonds is 3. The molecule has 0 saturated carbocycles. The van der Waals surface area contributed by atoms with Gasteiger partial charge in [0, 0.05) is 38.6 Å². The molecule has 2 aliphatic heterocycles. The predicted molar refractivity (Wildman–Crippen MR) is 134 cm³/mol. The molecule has 186 valence electrons. The van der Waals surface area contributed by atoms with Gasteiger partial charge in [-0.05, 0) is 50.5 Å². The maximum Gasteiger partial charge on any atom is 0.328 e. The number of piperidine rings is 1. The number of imidazole rings is 1. The highest BCUT2D eigenvalue weighted by Gasteiger charge is 2.23. The van der Waals surface area contributed by atoms with Crippen molar-refractivity contribution in [2.24, 2.45) is 0 Å². The summed E-state index contributed by atoms with van der Waals surface area (Å²) in [7, 11) is 3.55. The van der Waals surface area contributed by atoms with E-state index in [1.807, 2.05) is 13.8 Å². The standard InChI is InChI=1S/C24H32N8O3/c1-14-15(2)35-12-16-9-17(11-18(10-16)31-7-5-19(34-4)6-8-31)28-23-29-21(25-3)20-22(30-23)32(13-26-20)24(33)27-14/h9-11,13-15,19H,5-8,12H2,1-4H3,(H,27,33)(H2,25,28,29,30)/t14-,15-/m1/s1. The topological polar surface area (TPSA) is 118 Å². The van der Waals surface area contributed by atoms with Gasteiger partial charge in [0.2, 0.25) is 5.95 Å². The van der Waals surface area contributed by atoms with Crippen LogP contribution in [0.4, 0.5) is 27.9 Å². The molecule has 4 heterocycles. The number of nitrogens with one attached hydrogen (secondary N) is 3. The number of benzene rings is 1. The third-order valence-electron chi connectivity index (χ3n) is 6.79. The molecule has 0 radical (unpaired) electrons. The fraction of sp³-hybridized carbons (Fsp3) is 0.500. The number of hydrogen-bond donors (Lipinski definition) is 3. The summed E-state index contributed by atoms with van der Waals surface area (Å²) in [6, 6.07) is 5.78. The van der Waals surface area contributed by atoms with E-state index in [2.05, 4.69) is 54.0 Å². The Labute approximate surface area is 204 Å². The van der Waals surface area contributed by atoms with Gasteiger partial charge >= 0.3 is 6.03 Å². The Hall–Kier alpha value is -3.44. The summed E-state index contributed by atoms with van der Waals surface area (Å²) >= 11 is 0. The zero-order valence-electron chi connectivity index (χ0n) is 20.5. The van der Waals surface area contributed by atoms with Gasteiger partial charge in [0.1, 0.15) is 6.33 Å². The number of ether oxygens (including phenoxy) is 2. The Morgan fingerprint density at radius 3 is 2.71 bits per heavy atom. The molecule has 1 saturated heterocycles. The number of anilines is 4. The van der Waals surface area contributed by atoms with Gasteiger partial charge in [0.05, 0.1) is 24.9 Å². The lowest BCUT2D eigenvalue weighted by Crippen LogP contribution is -2.42. The highest BCUT2D eigenvalue weighted by molar-refractivity contribution is 5.92. The van der Waals surface area contributed by atoms with E-state index in [0.29, 0.717) is 35.6 Å². The molecule has 3 N–H and O–H groups in total. The van der Waals surface area contributed by atoms with E-state index in [1.165, 1.54) is 10.9 Å². The van der Waals surface area contributed by atoms with E-state index >= 15 is 0 Å². The number of carbonyl (C=O) groups excluding carboxylic acids is 1. The maximum absolute atomic E-state index is 13.0. The van der Waals surface area contributed by atoms with Crippen molar-refractivity contribution in [1.29, 1.82) is 0 Å².